The predicted molar refractivity (Wildman–Crippen MR) is 62.2 cm³/mol. The summed E-state index contributed by atoms with van der Waals surface area (Å²) in [6, 6.07) is 0. The molecule has 0 radical (unpaired) electrons. The van der Waals surface area contributed by atoms with Crippen molar-refractivity contribution in [2.45, 2.75) is 25.9 Å². The van der Waals surface area contributed by atoms with Gasteiger partial charge in [-0.15, -0.1) is 0 Å². The quantitative estimate of drug-likeness (QED) is 0.791. The molecule has 0 aromatic carbocycles. The summed E-state index contributed by atoms with van der Waals surface area (Å²) in [6.45, 7) is 6.95. The molecule has 0 bridgehead atoms. The van der Waals surface area contributed by atoms with E-state index in [2.05, 4.69) is 28.7 Å². The SMILES string of the molecule is CC1(C)COCCN1c1nccnc1CN. The molecule has 1 fully saturated rings. The van der Waals surface area contributed by atoms with Crippen LogP contribution in [0.4, 0.5) is 5.82 Å². The molecule has 2 N–H and O–H groups in total. The number of rotatable bonds is 2. The lowest BCUT2D eigenvalue weighted by Gasteiger charge is -2.43. The summed E-state index contributed by atoms with van der Waals surface area (Å²) in [4.78, 5) is 10.9. The van der Waals surface area contributed by atoms with E-state index in [0.717, 1.165) is 24.7 Å². The highest BCUT2D eigenvalue weighted by molar-refractivity contribution is 5.46. The molecule has 0 amide bonds. The van der Waals surface area contributed by atoms with Gasteiger partial charge in [-0.3, -0.25) is 4.98 Å². The van der Waals surface area contributed by atoms with E-state index in [1.54, 1.807) is 12.4 Å². The fourth-order valence-electron chi connectivity index (χ4n) is 1.98. The van der Waals surface area contributed by atoms with Crippen LogP contribution in [0.5, 0.6) is 0 Å². The molecule has 5 heteroatoms. The molecule has 5 nitrogen and oxygen atoms in total. The van der Waals surface area contributed by atoms with Crippen LogP contribution in [0.15, 0.2) is 12.4 Å². The van der Waals surface area contributed by atoms with Gasteiger partial charge in [0.2, 0.25) is 0 Å². The van der Waals surface area contributed by atoms with E-state index >= 15 is 0 Å². The van der Waals surface area contributed by atoms with E-state index in [4.69, 9.17) is 10.5 Å². The fraction of sp³-hybridized carbons (Fsp3) is 0.636. The second-order valence-electron chi connectivity index (χ2n) is 4.55. The third-order valence-corrected chi connectivity index (χ3v) is 2.85. The van der Waals surface area contributed by atoms with Crippen molar-refractivity contribution in [1.29, 1.82) is 0 Å². The van der Waals surface area contributed by atoms with Gasteiger partial charge in [-0.2, -0.15) is 0 Å². The first-order chi connectivity index (χ1) is 7.65. The van der Waals surface area contributed by atoms with Crippen LogP contribution >= 0.6 is 0 Å². The number of hydrogen-bond acceptors (Lipinski definition) is 5. The van der Waals surface area contributed by atoms with Crippen molar-refractivity contribution >= 4 is 5.82 Å². The molecule has 16 heavy (non-hydrogen) atoms. The first-order valence-corrected chi connectivity index (χ1v) is 5.50. The molecule has 0 unspecified atom stereocenters. The predicted octanol–water partition coefficient (Wildman–Crippen LogP) is 0.551. The van der Waals surface area contributed by atoms with Gasteiger partial charge in [0.25, 0.3) is 0 Å². The Labute approximate surface area is 95.6 Å². The smallest absolute Gasteiger partial charge is 0.152 e. The second-order valence-corrected chi connectivity index (χ2v) is 4.55. The third kappa shape index (κ3) is 2.01. The molecule has 0 atom stereocenters. The molecule has 1 aromatic heterocycles. The van der Waals surface area contributed by atoms with Crippen LogP contribution in [0, 0.1) is 0 Å². The Morgan fingerprint density at radius 2 is 2.19 bits per heavy atom. The highest BCUT2D eigenvalue weighted by atomic mass is 16.5. The molecule has 1 saturated heterocycles. The summed E-state index contributed by atoms with van der Waals surface area (Å²) in [5, 5.41) is 0. The Morgan fingerprint density at radius 1 is 1.44 bits per heavy atom. The number of ether oxygens (including phenoxy) is 1. The number of hydrogen-bond donors (Lipinski definition) is 1. The van der Waals surface area contributed by atoms with Crippen molar-refractivity contribution in [2.75, 3.05) is 24.7 Å². The molecule has 1 aliphatic heterocycles. The van der Waals surface area contributed by atoms with Crippen LogP contribution in [0.3, 0.4) is 0 Å². The molecule has 0 spiro atoms. The highest BCUT2D eigenvalue weighted by Gasteiger charge is 2.32. The van der Waals surface area contributed by atoms with Crippen LogP contribution in [-0.2, 0) is 11.3 Å². The Bertz CT molecular complexity index is 367. The molecule has 1 aromatic rings. The molecule has 0 aliphatic carbocycles. The van der Waals surface area contributed by atoms with Gasteiger partial charge in [-0.25, -0.2) is 4.98 Å². The summed E-state index contributed by atoms with van der Waals surface area (Å²) in [7, 11) is 0. The number of aromatic nitrogens is 2. The minimum Gasteiger partial charge on any atom is -0.377 e. The van der Waals surface area contributed by atoms with Crippen molar-refractivity contribution < 1.29 is 4.74 Å². The third-order valence-electron chi connectivity index (χ3n) is 2.85. The molecule has 88 valence electrons. The van der Waals surface area contributed by atoms with Gasteiger partial charge in [-0.1, -0.05) is 0 Å². The van der Waals surface area contributed by atoms with Crippen LogP contribution in [0.1, 0.15) is 19.5 Å². The van der Waals surface area contributed by atoms with E-state index in [1.807, 2.05) is 0 Å². The lowest BCUT2D eigenvalue weighted by atomic mass is 10.0. The molecular weight excluding hydrogens is 204 g/mol. The van der Waals surface area contributed by atoms with E-state index in [9.17, 15) is 0 Å². The number of nitrogens with zero attached hydrogens (tertiary/aromatic N) is 3. The standard InChI is InChI=1S/C11H18N4O/c1-11(2)8-16-6-5-15(11)10-9(7-12)13-3-4-14-10/h3-4H,5-8,12H2,1-2H3. The normalized spacial score (nSPS) is 19.8. The van der Waals surface area contributed by atoms with Crippen molar-refractivity contribution in [2.24, 2.45) is 5.73 Å². The van der Waals surface area contributed by atoms with E-state index in [1.165, 1.54) is 0 Å². The van der Waals surface area contributed by atoms with Crippen LogP contribution < -0.4 is 10.6 Å². The number of anilines is 1. The van der Waals surface area contributed by atoms with Crippen molar-refractivity contribution in [1.82, 2.24) is 9.97 Å². The largest absolute Gasteiger partial charge is 0.377 e. The molecule has 0 saturated carbocycles. The van der Waals surface area contributed by atoms with Crippen molar-refractivity contribution in [3.05, 3.63) is 18.1 Å². The van der Waals surface area contributed by atoms with Gasteiger partial charge < -0.3 is 15.4 Å². The maximum atomic E-state index is 5.69. The van der Waals surface area contributed by atoms with Crippen LogP contribution in [0.25, 0.3) is 0 Å². The Balaban J connectivity index is 2.34. The van der Waals surface area contributed by atoms with E-state index in [0.29, 0.717) is 13.2 Å². The number of nitrogens with two attached hydrogens (primary N) is 1. The zero-order valence-electron chi connectivity index (χ0n) is 9.81. The Kier molecular flexibility index (Phi) is 3.07. The lowest BCUT2D eigenvalue weighted by molar-refractivity contribution is 0.0637. The maximum Gasteiger partial charge on any atom is 0.152 e. The van der Waals surface area contributed by atoms with Crippen molar-refractivity contribution in [3.8, 4) is 0 Å². The van der Waals surface area contributed by atoms with Gasteiger partial charge in [0.05, 0.1) is 24.4 Å². The van der Waals surface area contributed by atoms with Crippen molar-refractivity contribution in [3.63, 3.8) is 0 Å². The summed E-state index contributed by atoms with van der Waals surface area (Å²) in [5.41, 5.74) is 6.47. The Hall–Kier alpha value is -1.20. The van der Waals surface area contributed by atoms with Gasteiger partial charge in [0.15, 0.2) is 5.82 Å². The minimum absolute atomic E-state index is 0.0573. The average molecular weight is 222 g/mol. The first-order valence-electron chi connectivity index (χ1n) is 5.50. The van der Waals surface area contributed by atoms with E-state index < -0.39 is 0 Å². The lowest BCUT2D eigenvalue weighted by Crippen LogP contribution is -2.54. The molecule has 2 rings (SSSR count). The zero-order valence-corrected chi connectivity index (χ0v) is 9.81. The fourth-order valence-corrected chi connectivity index (χ4v) is 1.98. The topological polar surface area (TPSA) is 64.3 Å². The van der Waals surface area contributed by atoms with Gasteiger partial charge in [0.1, 0.15) is 0 Å². The minimum atomic E-state index is -0.0573. The molecule has 2 heterocycles. The van der Waals surface area contributed by atoms with Gasteiger partial charge >= 0.3 is 0 Å². The number of morpholine rings is 1. The summed E-state index contributed by atoms with van der Waals surface area (Å²) >= 11 is 0. The summed E-state index contributed by atoms with van der Waals surface area (Å²) in [5.74, 6) is 0.887. The summed E-state index contributed by atoms with van der Waals surface area (Å²) < 4.78 is 5.49. The monoisotopic (exact) mass is 222 g/mol. The Morgan fingerprint density at radius 3 is 2.88 bits per heavy atom. The van der Waals surface area contributed by atoms with Crippen LogP contribution in [0.2, 0.25) is 0 Å². The highest BCUT2D eigenvalue weighted by Crippen LogP contribution is 2.26. The second kappa shape index (κ2) is 4.35. The van der Waals surface area contributed by atoms with Gasteiger partial charge in [-0.05, 0) is 13.8 Å². The van der Waals surface area contributed by atoms with Gasteiger partial charge in [0, 0.05) is 25.5 Å². The average Bonchev–Trinajstić information content (AvgIpc) is 2.28. The van der Waals surface area contributed by atoms with Crippen LogP contribution in [-0.4, -0.2) is 35.3 Å². The molecular formula is C11H18N4O. The summed E-state index contributed by atoms with van der Waals surface area (Å²) in [6.07, 6.45) is 3.39. The zero-order chi connectivity index (χ0) is 11.6. The first kappa shape index (κ1) is 11.3. The maximum absolute atomic E-state index is 5.69. The molecule has 1 aliphatic rings. The van der Waals surface area contributed by atoms with E-state index in [-0.39, 0.29) is 5.54 Å².